The fraction of sp³-hybridized carbons (Fsp3) is 0.259. The topological polar surface area (TPSA) is 153 Å². The number of aromatic nitrogens is 6. The molecule has 0 spiro atoms. The molecular weight excluding hydrogens is 521 g/mol. The van der Waals surface area contributed by atoms with Crippen molar-refractivity contribution < 1.29 is 29.2 Å². The number of hydrogen-bond acceptors (Lipinski definition) is 10. The molecule has 4 atom stereocenters. The summed E-state index contributed by atoms with van der Waals surface area (Å²) in [6, 6.07) is 13.9. The lowest BCUT2D eigenvalue weighted by molar-refractivity contribution is -0.0511. The first-order chi connectivity index (χ1) is 19.5. The SMILES string of the molecule is COc1ccc(-c2cnn(-c3nc(NCc4ccccc4F)c4ncn([C@@H]5O[C@H](CO)[C@@H](O)[C@H]5O)c4n3)c2)cc1. The lowest BCUT2D eigenvalue weighted by atomic mass is 10.1. The molecule has 40 heavy (non-hydrogen) atoms. The molecule has 0 radical (unpaired) electrons. The van der Waals surface area contributed by atoms with Crippen LogP contribution in [0.2, 0.25) is 0 Å². The van der Waals surface area contributed by atoms with Crippen LogP contribution in [0.3, 0.4) is 0 Å². The van der Waals surface area contributed by atoms with E-state index in [2.05, 4.69) is 25.4 Å². The second-order valence-corrected chi connectivity index (χ2v) is 9.27. The van der Waals surface area contributed by atoms with Crippen molar-refractivity contribution in [2.45, 2.75) is 31.1 Å². The molecule has 1 fully saturated rings. The van der Waals surface area contributed by atoms with E-state index in [1.165, 1.54) is 21.6 Å². The monoisotopic (exact) mass is 547 g/mol. The van der Waals surface area contributed by atoms with E-state index in [1.807, 2.05) is 24.3 Å². The van der Waals surface area contributed by atoms with Crippen LogP contribution in [0.15, 0.2) is 67.3 Å². The number of nitrogens with one attached hydrogen (secondary N) is 1. The van der Waals surface area contributed by atoms with Gasteiger partial charge in [0.05, 0.1) is 26.2 Å². The number of halogens is 1. The minimum absolute atomic E-state index is 0.120. The first-order valence-corrected chi connectivity index (χ1v) is 12.5. The van der Waals surface area contributed by atoms with Gasteiger partial charge in [0.25, 0.3) is 5.95 Å². The van der Waals surface area contributed by atoms with Gasteiger partial charge in [-0.05, 0) is 23.8 Å². The van der Waals surface area contributed by atoms with Gasteiger partial charge in [0.15, 0.2) is 23.2 Å². The Morgan fingerprint density at radius 3 is 2.58 bits per heavy atom. The largest absolute Gasteiger partial charge is 0.497 e. The third-order valence-corrected chi connectivity index (χ3v) is 6.82. The third kappa shape index (κ3) is 4.64. The Hall–Kier alpha value is -4.43. The maximum Gasteiger partial charge on any atom is 0.254 e. The van der Waals surface area contributed by atoms with Gasteiger partial charge < -0.3 is 30.1 Å². The van der Waals surface area contributed by atoms with E-state index in [-0.39, 0.29) is 24.0 Å². The van der Waals surface area contributed by atoms with E-state index in [4.69, 9.17) is 9.47 Å². The first-order valence-electron chi connectivity index (χ1n) is 12.5. The second kappa shape index (κ2) is 10.6. The molecule has 0 unspecified atom stereocenters. The molecule has 206 valence electrons. The van der Waals surface area contributed by atoms with Crippen molar-refractivity contribution in [3.05, 3.63) is 78.6 Å². The Morgan fingerprint density at radius 1 is 1.05 bits per heavy atom. The second-order valence-electron chi connectivity index (χ2n) is 9.27. The molecule has 0 amide bonds. The normalized spacial score (nSPS) is 20.7. The van der Waals surface area contributed by atoms with Gasteiger partial charge in [-0.2, -0.15) is 15.1 Å². The highest BCUT2D eigenvalue weighted by Gasteiger charge is 2.44. The van der Waals surface area contributed by atoms with Crippen LogP contribution in [-0.2, 0) is 11.3 Å². The quantitative estimate of drug-likeness (QED) is 0.227. The first kappa shape index (κ1) is 25.8. The maximum absolute atomic E-state index is 14.3. The van der Waals surface area contributed by atoms with Crippen molar-refractivity contribution in [2.75, 3.05) is 19.0 Å². The summed E-state index contributed by atoms with van der Waals surface area (Å²) in [6.07, 6.45) is 0.160. The molecular formula is C27H26FN7O5. The highest BCUT2D eigenvalue weighted by molar-refractivity contribution is 5.83. The van der Waals surface area contributed by atoms with Crippen LogP contribution in [0.5, 0.6) is 5.75 Å². The Bertz CT molecular complexity index is 1640. The van der Waals surface area contributed by atoms with Crippen LogP contribution in [0.4, 0.5) is 10.2 Å². The van der Waals surface area contributed by atoms with E-state index in [0.717, 1.165) is 16.9 Å². The lowest BCUT2D eigenvalue weighted by Gasteiger charge is -2.17. The van der Waals surface area contributed by atoms with Gasteiger partial charge in [-0.3, -0.25) is 4.57 Å². The van der Waals surface area contributed by atoms with Crippen molar-refractivity contribution in [1.29, 1.82) is 0 Å². The molecule has 0 aliphatic carbocycles. The molecule has 0 bridgehead atoms. The number of ether oxygens (including phenoxy) is 2. The third-order valence-electron chi connectivity index (χ3n) is 6.82. The highest BCUT2D eigenvalue weighted by Crippen LogP contribution is 2.33. The summed E-state index contributed by atoms with van der Waals surface area (Å²) < 4.78 is 28.2. The fourth-order valence-corrected chi connectivity index (χ4v) is 4.61. The summed E-state index contributed by atoms with van der Waals surface area (Å²) in [5.74, 6) is 0.842. The number of fused-ring (bicyclic) bond motifs is 1. The molecule has 5 aromatic rings. The summed E-state index contributed by atoms with van der Waals surface area (Å²) in [5, 5.41) is 38.0. The molecule has 3 aromatic heterocycles. The molecule has 1 aliphatic heterocycles. The summed E-state index contributed by atoms with van der Waals surface area (Å²) in [6.45, 7) is -0.354. The smallest absolute Gasteiger partial charge is 0.254 e. The Labute approximate surface area is 227 Å². The summed E-state index contributed by atoms with van der Waals surface area (Å²) in [7, 11) is 1.60. The van der Waals surface area contributed by atoms with Crippen molar-refractivity contribution in [1.82, 2.24) is 29.3 Å². The van der Waals surface area contributed by atoms with Crippen molar-refractivity contribution in [3.8, 4) is 22.8 Å². The molecule has 1 saturated heterocycles. The number of hydrogen-bond donors (Lipinski definition) is 4. The Kier molecular flexibility index (Phi) is 6.86. The Balaban J connectivity index is 1.41. The predicted octanol–water partition coefficient (Wildman–Crippen LogP) is 2.05. The van der Waals surface area contributed by atoms with Crippen molar-refractivity contribution in [2.24, 2.45) is 0 Å². The van der Waals surface area contributed by atoms with E-state index < -0.39 is 31.1 Å². The average molecular weight is 548 g/mol. The van der Waals surface area contributed by atoms with E-state index in [0.29, 0.717) is 16.9 Å². The van der Waals surface area contributed by atoms with Crippen LogP contribution in [-0.4, -0.2) is 76.6 Å². The number of imidazole rings is 1. The molecule has 13 heteroatoms. The zero-order valence-corrected chi connectivity index (χ0v) is 21.3. The highest BCUT2D eigenvalue weighted by atomic mass is 19.1. The van der Waals surface area contributed by atoms with Gasteiger partial charge in [0.1, 0.15) is 29.9 Å². The molecule has 6 rings (SSSR count). The predicted molar refractivity (Wildman–Crippen MR) is 141 cm³/mol. The van der Waals surface area contributed by atoms with Gasteiger partial charge in [-0.1, -0.05) is 30.3 Å². The van der Waals surface area contributed by atoms with Gasteiger partial charge >= 0.3 is 0 Å². The molecule has 2 aromatic carbocycles. The molecule has 1 aliphatic rings. The van der Waals surface area contributed by atoms with Gasteiger partial charge in [0.2, 0.25) is 0 Å². The number of aliphatic hydroxyl groups is 3. The van der Waals surface area contributed by atoms with Gasteiger partial charge in [0, 0.05) is 23.9 Å². The minimum Gasteiger partial charge on any atom is -0.497 e. The minimum atomic E-state index is -1.34. The number of aliphatic hydroxyl groups excluding tert-OH is 3. The summed E-state index contributed by atoms with van der Waals surface area (Å²) in [5.41, 5.74) is 2.75. The zero-order chi connectivity index (χ0) is 27.8. The van der Waals surface area contributed by atoms with E-state index >= 15 is 0 Å². The maximum atomic E-state index is 14.3. The number of nitrogens with zero attached hydrogens (tertiary/aromatic N) is 6. The number of methoxy groups -OCH3 is 1. The van der Waals surface area contributed by atoms with Gasteiger partial charge in [-0.25, -0.2) is 14.1 Å². The average Bonchev–Trinajstić information content (AvgIpc) is 3.71. The Morgan fingerprint density at radius 2 is 1.85 bits per heavy atom. The van der Waals surface area contributed by atoms with Crippen molar-refractivity contribution in [3.63, 3.8) is 0 Å². The van der Waals surface area contributed by atoms with Crippen LogP contribution in [0.25, 0.3) is 28.2 Å². The number of rotatable bonds is 8. The van der Waals surface area contributed by atoms with Gasteiger partial charge in [-0.15, -0.1) is 0 Å². The molecule has 0 saturated carbocycles. The summed E-state index contributed by atoms with van der Waals surface area (Å²) >= 11 is 0. The number of benzene rings is 2. The zero-order valence-electron chi connectivity index (χ0n) is 21.3. The summed E-state index contributed by atoms with van der Waals surface area (Å²) in [4.78, 5) is 13.7. The molecule has 12 nitrogen and oxygen atoms in total. The van der Waals surface area contributed by atoms with E-state index in [1.54, 1.807) is 37.7 Å². The van der Waals surface area contributed by atoms with Crippen molar-refractivity contribution >= 4 is 17.0 Å². The molecule has 4 heterocycles. The van der Waals surface area contributed by atoms with Crippen LogP contribution < -0.4 is 10.1 Å². The standard InChI is InChI=1S/C27H26FN7O5/c1-39-18-8-6-15(7-9-18)17-11-31-35(12-17)27-32-24(29-10-16-4-2-3-5-19(16)28)21-25(33-27)34(14-30-21)26-23(38)22(37)20(13-36)40-26/h2-9,11-12,14,20,22-23,26,36-38H,10,13H2,1H3,(H,29,32,33)/t20-,22-,23-,26-/m1/s1. The fourth-order valence-electron chi connectivity index (χ4n) is 4.61. The van der Waals surface area contributed by atoms with Crippen LogP contribution >= 0.6 is 0 Å². The molecule has 4 N–H and O–H groups in total. The van der Waals surface area contributed by atoms with Crippen LogP contribution in [0, 0.1) is 5.82 Å². The lowest BCUT2D eigenvalue weighted by Crippen LogP contribution is -2.33. The van der Waals surface area contributed by atoms with E-state index in [9.17, 15) is 19.7 Å². The van der Waals surface area contributed by atoms with Crippen LogP contribution in [0.1, 0.15) is 11.8 Å². The number of anilines is 1.